The lowest BCUT2D eigenvalue weighted by Gasteiger charge is -2.28. The van der Waals surface area contributed by atoms with E-state index in [1.54, 1.807) is 0 Å². The molecule has 1 aromatic carbocycles. The third-order valence-corrected chi connectivity index (χ3v) is 4.02. The second-order valence-electron chi connectivity index (χ2n) is 5.69. The monoisotopic (exact) mass is 218 g/mol. The van der Waals surface area contributed by atoms with Crippen LogP contribution in [0.5, 0.6) is 0 Å². The van der Waals surface area contributed by atoms with E-state index in [1.165, 1.54) is 29.5 Å². The third-order valence-electron chi connectivity index (χ3n) is 4.02. The Labute approximate surface area is 98.5 Å². The van der Waals surface area contributed by atoms with Gasteiger partial charge in [-0.3, -0.25) is 0 Å². The van der Waals surface area contributed by atoms with Gasteiger partial charge in [-0.05, 0) is 55.6 Å². The molecule has 1 fully saturated rings. The van der Waals surface area contributed by atoms with Gasteiger partial charge in [0.05, 0.1) is 0 Å². The number of aryl methyl sites for hydroxylation is 2. The van der Waals surface area contributed by atoms with Crippen molar-refractivity contribution >= 4 is 0 Å². The molecule has 2 rings (SSSR count). The third kappa shape index (κ3) is 2.30. The zero-order valence-corrected chi connectivity index (χ0v) is 10.6. The number of rotatable bonds is 4. The Hall–Kier alpha value is -0.820. The van der Waals surface area contributed by atoms with Gasteiger partial charge in [0.2, 0.25) is 0 Å². The fourth-order valence-electron chi connectivity index (χ4n) is 2.54. The lowest BCUT2D eigenvalue weighted by molar-refractivity contribution is 0.119. The zero-order valence-electron chi connectivity index (χ0n) is 10.6. The van der Waals surface area contributed by atoms with Crippen molar-refractivity contribution in [2.24, 2.45) is 11.3 Å². The molecule has 0 aliphatic heterocycles. The van der Waals surface area contributed by atoms with Crippen LogP contribution in [0.3, 0.4) is 0 Å². The molecular weight excluding hydrogens is 196 g/mol. The zero-order chi connectivity index (χ0) is 11.8. The van der Waals surface area contributed by atoms with Crippen LogP contribution >= 0.6 is 0 Å². The van der Waals surface area contributed by atoms with Crippen molar-refractivity contribution in [2.75, 3.05) is 6.61 Å². The van der Waals surface area contributed by atoms with E-state index in [4.69, 9.17) is 0 Å². The molecule has 1 N–H and O–H groups in total. The van der Waals surface area contributed by atoms with Crippen molar-refractivity contribution < 1.29 is 5.11 Å². The van der Waals surface area contributed by atoms with Gasteiger partial charge < -0.3 is 5.11 Å². The van der Waals surface area contributed by atoms with Crippen LogP contribution in [0.25, 0.3) is 0 Å². The summed E-state index contributed by atoms with van der Waals surface area (Å²) in [5, 5.41) is 9.62. The highest BCUT2D eigenvalue weighted by atomic mass is 16.3. The second-order valence-corrected chi connectivity index (χ2v) is 5.69. The highest BCUT2D eigenvalue weighted by Gasteiger charge is 2.41. The van der Waals surface area contributed by atoms with Crippen molar-refractivity contribution in [3.63, 3.8) is 0 Å². The van der Waals surface area contributed by atoms with E-state index < -0.39 is 0 Å². The van der Waals surface area contributed by atoms with E-state index in [2.05, 4.69) is 39.0 Å². The first kappa shape index (κ1) is 11.7. The molecule has 0 bridgehead atoms. The van der Waals surface area contributed by atoms with E-state index in [0.717, 1.165) is 12.3 Å². The molecule has 1 aliphatic rings. The summed E-state index contributed by atoms with van der Waals surface area (Å²) in [6.07, 6.45) is 3.60. The van der Waals surface area contributed by atoms with Crippen LogP contribution in [0.15, 0.2) is 18.2 Å². The van der Waals surface area contributed by atoms with E-state index in [9.17, 15) is 5.11 Å². The molecule has 1 heteroatoms. The van der Waals surface area contributed by atoms with Crippen molar-refractivity contribution in [3.05, 3.63) is 34.9 Å². The largest absolute Gasteiger partial charge is 0.396 e. The second kappa shape index (κ2) is 4.21. The number of aliphatic hydroxyl groups excluding tert-OH is 1. The lowest BCUT2D eigenvalue weighted by Crippen LogP contribution is -2.27. The smallest absolute Gasteiger partial charge is 0.0490 e. The summed E-state index contributed by atoms with van der Waals surface area (Å²) in [5.41, 5.74) is 4.17. The summed E-state index contributed by atoms with van der Waals surface area (Å²) in [7, 11) is 0. The Morgan fingerprint density at radius 1 is 1.31 bits per heavy atom. The summed E-state index contributed by atoms with van der Waals surface area (Å²) in [6.45, 7) is 6.84. The van der Waals surface area contributed by atoms with Gasteiger partial charge in [0.1, 0.15) is 0 Å². The molecule has 1 aromatic rings. The minimum absolute atomic E-state index is 0.0958. The van der Waals surface area contributed by atoms with Crippen LogP contribution in [0.2, 0.25) is 0 Å². The Morgan fingerprint density at radius 3 is 2.56 bits per heavy atom. The molecule has 16 heavy (non-hydrogen) atoms. The number of hydrogen-bond acceptors (Lipinski definition) is 1. The van der Waals surface area contributed by atoms with E-state index in [1.807, 2.05) is 0 Å². The molecule has 1 unspecified atom stereocenters. The van der Waals surface area contributed by atoms with Gasteiger partial charge >= 0.3 is 0 Å². The number of aliphatic hydroxyl groups is 1. The van der Waals surface area contributed by atoms with Gasteiger partial charge in [0.25, 0.3) is 0 Å². The Balaban J connectivity index is 2.21. The standard InChI is InChI=1S/C15H22O/c1-11-4-5-12(2)13(8-11)9-15(3,10-16)14-6-7-14/h4-5,8,14,16H,6-7,9-10H2,1-3H3. The molecule has 1 nitrogen and oxygen atoms in total. The summed E-state index contributed by atoms with van der Waals surface area (Å²) in [5.74, 6) is 0.734. The average molecular weight is 218 g/mol. The number of benzene rings is 1. The highest BCUT2D eigenvalue weighted by Crippen LogP contribution is 2.47. The maximum Gasteiger partial charge on any atom is 0.0490 e. The van der Waals surface area contributed by atoms with Crippen LogP contribution < -0.4 is 0 Å². The SMILES string of the molecule is Cc1ccc(C)c(CC(C)(CO)C2CC2)c1. The maximum absolute atomic E-state index is 9.62. The first-order chi connectivity index (χ1) is 7.55. The highest BCUT2D eigenvalue weighted by molar-refractivity contribution is 5.31. The summed E-state index contributed by atoms with van der Waals surface area (Å²) < 4.78 is 0. The van der Waals surface area contributed by atoms with Gasteiger partial charge in [0, 0.05) is 6.61 Å². The van der Waals surface area contributed by atoms with Crippen LogP contribution in [0.1, 0.15) is 36.5 Å². The summed E-state index contributed by atoms with van der Waals surface area (Å²) in [4.78, 5) is 0. The van der Waals surface area contributed by atoms with E-state index >= 15 is 0 Å². The Kier molecular flexibility index (Phi) is 3.07. The van der Waals surface area contributed by atoms with Gasteiger partial charge in [-0.2, -0.15) is 0 Å². The molecule has 1 atom stereocenters. The normalized spacial score (nSPS) is 19.5. The summed E-state index contributed by atoms with van der Waals surface area (Å²) >= 11 is 0. The molecule has 0 aromatic heterocycles. The molecule has 1 saturated carbocycles. The first-order valence-electron chi connectivity index (χ1n) is 6.22. The maximum atomic E-state index is 9.62. The first-order valence-corrected chi connectivity index (χ1v) is 6.22. The van der Waals surface area contributed by atoms with Crippen LogP contribution in [-0.4, -0.2) is 11.7 Å². The average Bonchev–Trinajstić information content (AvgIpc) is 3.07. The molecule has 1 aliphatic carbocycles. The molecule has 0 spiro atoms. The number of hydrogen-bond donors (Lipinski definition) is 1. The van der Waals surface area contributed by atoms with Gasteiger partial charge in [-0.15, -0.1) is 0 Å². The van der Waals surface area contributed by atoms with Crippen LogP contribution in [-0.2, 0) is 6.42 Å². The van der Waals surface area contributed by atoms with Gasteiger partial charge in [0.15, 0.2) is 0 Å². The molecule has 88 valence electrons. The molecule has 0 heterocycles. The minimum Gasteiger partial charge on any atom is -0.396 e. The van der Waals surface area contributed by atoms with Crippen molar-refractivity contribution in [1.29, 1.82) is 0 Å². The molecule has 0 amide bonds. The van der Waals surface area contributed by atoms with Crippen molar-refractivity contribution in [2.45, 2.75) is 40.0 Å². The van der Waals surface area contributed by atoms with Crippen LogP contribution in [0.4, 0.5) is 0 Å². The quantitative estimate of drug-likeness (QED) is 0.822. The molecule has 0 saturated heterocycles. The molecular formula is C15H22O. The topological polar surface area (TPSA) is 20.2 Å². The van der Waals surface area contributed by atoms with Crippen LogP contribution in [0, 0.1) is 25.2 Å². The summed E-state index contributed by atoms with van der Waals surface area (Å²) in [6, 6.07) is 6.62. The predicted molar refractivity (Wildman–Crippen MR) is 67.5 cm³/mol. The van der Waals surface area contributed by atoms with Crippen molar-refractivity contribution in [1.82, 2.24) is 0 Å². The van der Waals surface area contributed by atoms with E-state index in [-0.39, 0.29) is 5.41 Å². The van der Waals surface area contributed by atoms with Crippen molar-refractivity contribution in [3.8, 4) is 0 Å². The predicted octanol–water partition coefficient (Wildman–Crippen LogP) is 3.25. The Morgan fingerprint density at radius 2 is 2.00 bits per heavy atom. The van der Waals surface area contributed by atoms with Gasteiger partial charge in [-0.25, -0.2) is 0 Å². The van der Waals surface area contributed by atoms with E-state index in [0.29, 0.717) is 6.61 Å². The fraction of sp³-hybridized carbons (Fsp3) is 0.600. The molecule has 0 radical (unpaired) electrons. The fourth-order valence-corrected chi connectivity index (χ4v) is 2.54. The van der Waals surface area contributed by atoms with Gasteiger partial charge in [-0.1, -0.05) is 30.7 Å². The lowest BCUT2D eigenvalue weighted by atomic mass is 9.78. The minimum atomic E-state index is 0.0958. The Bertz CT molecular complexity index is 379.